The van der Waals surface area contributed by atoms with Gasteiger partial charge in [-0.3, -0.25) is 4.79 Å². The molecule has 0 bridgehead atoms. The number of rotatable bonds is 3. The van der Waals surface area contributed by atoms with Crippen molar-refractivity contribution in [2.24, 2.45) is 5.92 Å². The highest BCUT2D eigenvalue weighted by molar-refractivity contribution is 5.94. The molecule has 104 valence electrons. The largest absolute Gasteiger partial charge is 0.388 e. The van der Waals surface area contributed by atoms with Crippen LogP contribution in [-0.2, 0) is 0 Å². The Bertz CT molecular complexity index is 430. The Morgan fingerprint density at radius 3 is 2.58 bits per heavy atom. The van der Waals surface area contributed by atoms with Crippen LogP contribution >= 0.6 is 0 Å². The molecule has 0 spiro atoms. The van der Waals surface area contributed by atoms with E-state index < -0.39 is 0 Å². The molecular formula is C15H23N3O. The van der Waals surface area contributed by atoms with E-state index in [4.69, 9.17) is 0 Å². The van der Waals surface area contributed by atoms with Crippen molar-refractivity contribution in [3.63, 3.8) is 0 Å². The maximum Gasteiger partial charge on any atom is 0.251 e. The van der Waals surface area contributed by atoms with Gasteiger partial charge < -0.3 is 15.5 Å². The molecule has 0 aromatic heterocycles. The summed E-state index contributed by atoms with van der Waals surface area (Å²) in [5, 5.41) is 6.21. The average molecular weight is 261 g/mol. The number of hydrogen-bond donors (Lipinski definition) is 2. The molecule has 0 saturated carbocycles. The van der Waals surface area contributed by atoms with Gasteiger partial charge in [-0.2, -0.15) is 0 Å². The van der Waals surface area contributed by atoms with Crippen molar-refractivity contribution < 1.29 is 4.79 Å². The van der Waals surface area contributed by atoms with Gasteiger partial charge in [-0.05, 0) is 50.2 Å². The first kappa shape index (κ1) is 13.9. The van der Waals surface area contributed by atoms with Crippen LogP contribution in [0.1, 0.15) is 23.7 Å². The van der Waals surface area contributed by atoms with Crippen molar-refractivity contribution >= 4 is 11.6 Å². The highest BCUT2D eigenvalue weighted by Gasteiger charge is 2.25. The van der Waals surface area contributed by atoms with Crippen LogP contribution < -0.4 is 10.6 Å². The number of amides is 1. The third kappa shape index (κ3) is 3.47. The van der Waals surface area contributed by atoms with Gasteiger partial charge in [-0.1, -0.05) is 6.92 Å². The summed E-state index contributed by atoms with van der Waals surface area (Å²) in [5.41, 5.74) is 1.74. The Hall–Kier alpha value is -1.55. The summed E-state index contributed by atoms with van der Waals surface area (Å²) in [7, 11) is 4.00. The van der Waals surface area contributed by atoms with Crippen molar-refractivity contribution in [1.82, 2.24) is 10.2 Å². The molecule has 1 heterocycles. The van der Waals surface area contributed by atoms with Crippen molar-refractivity contribution in [1.29, 1.82) is 0 Å². The number of nitrogens with zero attached hydrogens (tertiary/aromatic N) is 1. The zero-order chi connectivity index (χ0) is 13.8. The smallest absolute Gasteiger partial charge is 0.251 e. The van der Waals surface area contributed by atoms with Gasteiger partial charge in [-0.15, -0.1) is 0 Å². The third-order valence-electron chi connectivity index (χ3n) is 3.86. The highest BCUT2D eigenvalue weighted by atomic mass is 16.1. The maximum atomic E-state index is 12.2. The standard InChI is InChI=1S/C15H23N3O/c1-11-10-18(3)9-8-14(11)17-15(19)12-4-6-13(16-2)7-5-12/h4-7,11,14,16H,8-10H2,1-3H3,(H,17,19). The SMILES string of the molecule is CNc1ccc(C(=O)NC2CCN(C)CC2C)cc1. The topological polar surface area (TPSA) is 44.4 Å². The minimum Gasteiger partial charge on any atom is -0.388 e. The molecule has 1 amide bonds. The maximum absolute atomic E-state index is 12.2. The van der Waals surface area contributed by atoms with Gasteiger partial charge in [-0.25, -0.2) is 0 Å². The van der Waals surface area contributed by atoms with Gasteiger partial charge in [0, 0.05) is 30.9 Å². The second-order valence-corrected chi connectivity index (χ2v) is 5.44. The zero-order valence-corrected chi connectivity index (χ0v) is 11.9. The molecule has 1 aromatic carbocycles. The predicted molar refractivity (Wildman–Crippen MR) is 78.5 cm³/mol. The lowest BCUT2D eigenvalue weighted by Crippen LogP contribution is -2.48. The van der Waals surface area contributed by atoms with Crippen LogP contribution in [0.15, 0.2) is 24.3 Å². The van der Waals surface area contributed by atoms with Gasteiger partial charge in [0.25, 0.3) is 5.91 Å². The predicted octanol–water partition coefficient (Wildman–Crippen LogP) is 1.80. The molecule has 1 saturated heterocycles. The van der Waals surface area contributed by atoms with Crippen LogP contribution in [0.4, 0.5) is 5.69 Å². The van der Waals surface area contributed by atoms with E-state index in [1.54, 1.807) is 0 Å². The molecule has 2 atom stereocenters. The normalized spacial score (nSPS) is 23.9. The van der Waals surface area contributed by atoms with Crippen LogP contribution in [0.25, 0.3) is 0 Å². The molecule has 1 aromatic rings. The Labute approximate surface area is 115 Å². The fraction of sp³-hybridized carbons (Fsp3) is 0.533. The van der Waals surface area contributed by atoms with Gasteiger partial charge in [0.1, 0.15) is 0 Å². The van der Waals surface area contributed by atoms with Crippen molar-refractivity contribution in [3.8, 4) is 0 Å². The molecule has 4 heteroatoms. The van der Waals surface area contributed by atoms with E-state index in [9.17, 15) is 4.79 Å². The van der Waals surface area contributed by atoms with Crippen molar-refractivity contribution in [3.05, 3.63) is 29.8 Å². The zero-order valence-electron chi connectivity index (χ0n) is 11.9. The first-order valence-corrected chi connectivity index (χ1v) is 6.87. The number of likely N-dealkylation sites (tertiary alicyclic amines) is 1. The number of hydrogen-bond acceptors (Lipinski definition) is 3. The highest BCUT2D eigenvalue weighted by Crippen LogP contribution is 2.16. The van der Waals surface area contributed by atoms with Crippen molar-refractivity contribution in [2.45, 2.75) is 19.4 Å². The number of nitrogens with one attached hydrogen (secondary N) is 2. The summed E-state index contributed by atoms with van der Waals surface area (Å²) in [5.74, 6) is 0.531. The second kappa shape index (κ2) is 6.06. The van der Waals surface area contributed by atoms with E-state index >= 15 is 0 Å². The summed E-state index contributed by atoms with van der Waals surface area (Å²) in [6.45, 7) is 4.29. The molecule has 2 rings (SSSR count). The van der Waals surface area contributed by atoms with Crippen LogP contribution in [0.5, 0.6) is 0 Å². The second-order valence-electron chi connectivity index (χ2n) is 5.44. The lowest BCUT2D eigenvalue weighted by atomic mass is 9.94. The number of carbonyl (C=O) groups excluding carboxylic acids is 1. The molecule has 2 N–H and O–H groups in total. The summed E-state index contributed by atoms with van der Waals surface area (Å²) in [6, 6.07) is 7.86. The lowest BCUT2D eigenvalue weighted by Gasteiger charge is -2.35. The quantitative estimate of drug-likeness (QED) is 0.872. The molecule has 2 unspecified atom stereocenters. The fourth-order valence-corrected chi connectivity index (χ4v) is 2.61. The molecule has 0 radical (unpaired) electrons. The van der Waals surface area contributed by atoms with E-state index in [0.29, 0.717) is 5.92 Å². The summed E-state index contributed by atoms with van der Waals surface area (Å²) in [4.78, 5) is 14.5. The molecule has 1 fully saturated rings. The minimum absolute atomic E-state index is 0.0315. The van der Waals surface area contributed by atoms with Crippen LogP contribution in [0.3, 0.4) is 0 Å². The van der Waals surface area contributed by atoms with Gasteiger partial charge in [0.2, 0.25) is 0 Å². The molecule has 0 aliphatic carbocycles. The van der Waals surface area contributed by atoms with Gasteiger partial charge in [0.15, 0.2) is 0 Å². The molecule has 4 nitrogen and oxygen atoms in total. The van der Waals surface area contributed by atoms with Gasteiger partial charge >= 0.3 is 0 Å². The van der Waals surface area contributed by atoms with E-state index in [0.717, 1.165) is 30.8 Å². The Balaban J connectivity index is 1.96. The summed E-state index contributed by atoms with van der Waals surface area (Å²) in [6.07, 6.45) is 1.03. The monoisotopic (exact) mass is 261 g/mol. The third-order valence-corrected chi connectivity index (χ3v) is 3.86. The van der Waals surface area contributed by atoms with E-state index in [1.807, 2.05) is 31.3 Å². The van der Waals surface area contributed by atoms with E-state index in [1.165, 1.54) is 0 Å². The molecule has 1 aliphatic heterocycles. The Morgan fingerprint density at radius 1 is 1.32 bits per heavy atom. The molecule has 1 aliphatic rings. The first-order valence-electron chi connectivity index (χ1n) is 6.87. The Kier molecular flexibility index (Phi) is 4.43. The molecule has 19 heavy (non-hydrogen) atoms. The van der Waals surface area contributed by atoms with Crippen LogP contribution in [0, 0.1) is 5.92 Å². The molecular weight excluding hydrogens is 238 g/mol. The fourth-order valence-electron chi connectivity index (χ4n) is 2.61. The lowest BCUT2D eigenvalue weighted by molar-refractivity contribution is 0.0884. The van der Waals surface area contributed by atoms with Crippen LogP contribution in [-0.4, -0.2) is 44.0 Å². The Morgan fingerprint density at radius 2 is 2.00 bits per heavy atom. The average Bonchev–Trinajstić information content (AvgIpc) is 2.42. The summed E-state index contributed by atoms with van der Waals surface area (Å²) >= 11 is 0. The minimum atomic E-state index is 0.0315. The van der Waals surface area contributed by atoms with Gasteiger partial charge in [0.05, 0.1) is 0 Å². The number of anilines is 1. The van der Waals surface area contributed by atoms with Crippen LogP contribution in [0.2, 0.25) is 0 Å². The summed E-state index contributed by atoms with van der Waals surface area (Å²) < 4.78 is 0. The van der Waals surface area contributed by atoms with E-state index in [2.05, 4.69) is 29.5 Å². The number of benzene rings is 1. The number of piperidine rings is 1. The van der Waals surface area contributed by atoms with Crippen molar-refractivity contribution in [2.75, 3.05) is 32.5 Å². The number of carbonyl (C=O) groups is 1. The first-order chi connectivity index (χ1) is 9.10. The van der Waals surface area contributed by atoms with E-state index in [-0.39, 0.29) is 11.9 Å².